The number of carbonyl (C=O) groups is 3. The van der Waals surface area contributed by atoms with Crippen LogP contribution < -0.4 is 16.6 Å². The fourth-order valence-corrected chi connectivity index (χ4v) is 2.83. The molecule has 31 heavy (non-hydrogen) atoms. The van der Waals surface area contributed by atoms with Crippen LogP contribution in [0.1, 0.15) is 46.6 Å². The van der Waals surface area contributed by atoms with Gasteiger partial charge in [-0.15, -0.1) is 0 Å². The normalized spacial score (nSPS) is 12.4. The molecule has 1 heterocycles. The molecular weight excluding hydrogens is 408 g/mol. The van der Waals surface area contributed by atoms with Gasteiger partial charge in [-0.25, -0.2) is 14.4 Å². The molecule has 1 atom stereocenters. The van der Waals surface area contributed by atoms with Gasteiger partial charge in [0.15, 0.2) is 0 Å². The van der Waals surface area contributed by atoms with E-state index in [2.05, 4.69) is 10.3 Å². The molecule has 2 amide bonds. The molecule has 0 fully saturated rings. The molecule has 0 aliphatic carbocycles. The number of hydrogen-bond donors (Lipinski definition) is 3. The van der Waals surface area contributed by atoms with E-state index in [1.54, 1.807) is 20.8 Å². The number of H-pyrrole nitrogens is 1. The standard InChI is InChI=1S/C20H32N4O7/c1-12(2)9-14(17(27)28)24(8-7-21-19(30)31-20(4,5)6)15(25)11-23-10-13(3)16(26)22-18(23)29/h10,12,14H,7-9,11H2,1-6H3,(H,21,30)(H,27,28)(H,22,26,29)/t14-/m0/s1. The summed E-state index contributed by atoms with van der Waals surface area (Å²) in [5.41, 5.74) is -1.80. The number of amides is 2. The highest BCUT2D eigenvalue weighted by atomic mass is 16.6. The first-order valence-corrected chi connectivity index (χ1v) is 10.0. The van der Waals surface area contributed by atoms with E-state index in [4.69, 9.17) is 4.74 Å². The van der Waals surface area contributed by atoms with Gasteiger partial charge in [-0.1, -0.05) is 13.8 Å². The Morgan fingerprint density at radius 2 is 1.87 bits per heavy atom. The van der Waals surface area contributed by atoms with Gasteiger partial charge >= 0.3 is 17.8 Å². The van der Waals surface area contributed by atoms with E-state index in [1.807, 2.05) is 13.8 Å². The van der Waals surface area contributed by atoms with Gasteiger partial charge in [0.1, 0.15) is 18.2 Å². The number of aromatic amines is 1. The number of rotatable bonds is 9. The second-order valence-electron chi connectivity index (χ2n) is 8.70. The number of alkyl carbamates (subject to hydrolysis) is 1. The minimum absolute atomic E-state index is 0.0201. The monoisotopic (exact) mass is 440 g/mol. The molecule has 1 aromatic heterocycles. The smallest absolute Gasteiger partial charge is 0.407 e. The van der Waals surface area contributed by atoms with Crippen molar-refractivity contribution in [3.8, 4) is 0 Å². The first kappa shape index (κ1) is 25.9. The van der Waals surface area contributed by atoms with E-state index < -0.39 is 47.4 Å². The maximum absolute atomic E-state index is 13.0. The minimum atomic E-state index is -1.19. The van der Waals surface area contributed by atoms with Crippen LogP contribution in [0, 0.1) is 12.8 Å². The number of nitrogens with zero attached hydrogens (tertiary/aromatic N) is 2. The van der Waals surface area contributed by atoms with Gasteiger partial charge in [0.2, 0.25) is 5.91 Å². The zero-order chi connectivity index (χ0) is 23.9. The molecule has 11 nitrogen and oxygen atoms in total. The number of hydrogen-bond acceptors (Lipinski definition) is 6. The maximum Gasteiger partial charge on any atom is 0.407 e. The lowest BCUT2D eigenvalue weighted by atomic mass is 10.0. The van der Waals surface area contributed by atoms with E-state index in [1.165, 1.54) is 13.1 Å². The molecule has 0 aliphatic rings. The summed E-state index contributed by atoms with van der Waals surface area (Å²) in [5.74, 6) is -1.84. The van der Waals surface area contributed by atoms with Crippen molar-refractivity contribution in [3.63, 3.8) is 0 Å². The zero-order valence-electron chi connectivity index (χ0n) is 18.9. The Kier molecular flexibility index (Phi) is 9.02. The lowest BCUT2D eigenvalue weighted by Gasteiger charge is -2.30. The van der Waals surface area contributed by atoms with E-state index in [9.17, 15) is 29.1 Å². The summed E-state index contributed by atoms with van der Waals surface area (Å²) < 4.78 is 6.15. The van der Waals surface area contributed by atoms with Crippen LogP contribution in [0.3, 0.4) is 0 Å². The number of carbonyl (C=O) groups excluding carboxylic acids is 2. The largest absolute Gasteiger partial charge is 0.480 e. The van der Waals surface area contributed by atoms with Crippen molar-refractivity contribution >= 4 is 18.0 Å². The highest BCUT2D eigenvalue weighted by molar-refractivity contribution is 5.83. The first-order chi connectivity index (χ1) is 14.2. The van der Waals surface area contributed by atoms with Crippen LogP contribution in [0.2, 0.25) is 0 Å². The van der Waals surface area contributed by atoms with Gasteiger partial charge < -0.3 is 20.1 Å². The molecule has 1 aromatic rings. The van der Waals surface area contributed by atoms with Crippen molar-refractivity contribution in [2.75, 3.05) is 13.1 Å². The predicted molar refractivity (Wildman–Crippen MR) is 113 cm³/mol. The third-order valence-electron chi connectivity index (χ3n) is 4.19. The van der Waals surface area contributed by atoms with Gasteiger partial charge in [-0.3, -0.25) is 19.1 Å². The molecule has 0 aliphatic heterocycles. The predicted octanol–water partition coefficient (Wildman–Crippen LogP) is 0.698. The summed E-state index contributed by atoms with van der Waals surface area (Å²) in [6, 6.07) is -1.15. The number of nitrogens with one attached hydrogen (secondary N) is 2. The van der Waals surface area contributed by atoms with Crippen molar-refractivity contribution in [3.05, 3.63) is 32.6 Å². The van der Waals surface area contributed by atoms with Gasteiger partial charge in [0.25, 0.3) is 5.56 Å². The number of aromatic nitrogens is 2. The quantitative estimate of drug-likeness (QED) is 0.511. The molecule has 0 saturated carbocycles. The van der Waals surface area contributed by atoms with Crippen LogP contribution in [-0.4, -0.2) is 62.3 Å². The van der Waals surface area contributed by atoms with Crippen LogP contribution >= 0.6 is 0 Å². The van der Waals surface area contributed by atoms with Gasteiger partial charge in [0.05, 0.1) is 0 Å². The SMILES string of the molecule is Cc1cn(CC(=O)N(CCNC(=O)OC(C)(C)C)[C@@H](CC(C)C)C(=O)O)c(=O)[nH]c1=O. The van der Waals surface area contributed by atoms with Gasteiger partial charge in [-0.05, 0) is 40.0 Å². The number of aryl methyl sites for hydroxylation is 1. The van der Waals surface area contributed by atoms with E-state index >= 15 is 0 Å². The topological polar surface area (TPSA) is 151 Å². The summed E-state index contributed by atoms with van der Waals surface area (Å²) in [5, 5.41) is 12.2. The average Bonchev–Trinajstić information content (AvgIpc) is 2.59. The zero-order valence-corrected chi connectivity index (χ0v) is 18.9. The van der Waals surface area contributed by atoms with Crippen molar-refractivity contribution in [1.82, 2.24) is 19.8 Å². The number of ether oxygens (including phenoxy) is 1. The van der Waals surface area contributed by atoms with Gasteiger partial charge in [0, 0.05) is 24.8 Å². The lowest BCUT2D eigenvalue weighted by Crippen LogP contribution is -2.51. The van der Waals surface area contributed by atoms with Crippen LogP contribution in [0.15, 0.2) is 15.8 Å². The summed E-state index contributed by atoms with van der Waals surface area (Å²) in [7, 11) is 0. The van der Waals surface area contributed by atoms with Crippen LogP contribution in [0.25, 0.3) is 0 Å². The third kappa shape index (κ3) is 8.65. The van der Waals surface area contributed by atoms with Gasteiger partial charge in [-0.2, -0.15) is 0 Å². The molecular formula is C20H32N4O7. The van der Waals surface area contributed by atoms with E-state index in [0.29, 0.717) is 0 Å². The molecule has 3 N–H and O–H groups in total. The molecule has 0 spiro atoms. The number of carboxylic acids is 1. The Labute approximate surface area is 180 Å². The van der Waals surface area contributed by atoms with Crippen molar-refractivity contribution < 1.29 is 24.2 Å². The summed E-state index contributed by atoms with van der Waals surface area (Å²) in [6.07, 6.45) is 0.740. The average molecular weight is 440 g/mol. The molecule has 0 saturated heterocycles. The number of carboxylic acid groups (broad SMARTS) is 1. The van der Waals surface area contributed by atoms with Crippen molar-refractivity contribution in [2.45, 2.75) is 66.2 Å². The van der Waals surface area contributed by atoms with Crippen LogP contribution in [0.5, 0.6) is 0 Å². The number of aliphatic carboxylic acids is 1. The Hall–Kier alpha value is -3.11. The van der Waals surface area contributed by atoms with Crippen LogP contribution in [0.4, 0.5) is 4.79 Å². The molecule has 0 unspecified atom stereocenters. The Morgan fingerprint density at radius 1 is 1.26 bits per heavy atom. The summed E-state index contributed by atoms with van der Waals surface area (Å²) in [4.78, 5) is 63.5. The first-order valence-electron chi connectivity index (χ1n) is 10.0. The minimum Gasteiger partial charge on any atom is -0.480 e. The molecule has 1 rings (SSSR count). The Balaban J connectivity index is 3.06. The molecule has 11 heteroatoms. The third-order valence-corrected chi connectivity index (χ3v) is 4.19. The van der Waals surface area contributed by atoms with Crippen LogP contribution in [-0.2, 0) is 20.9 Å². The van der Waals surface area contributed by atoms with E-state index in [-0.39, 0.29) is 31.0 Å². The highest BCUT2D eigenvalue weighted by Gasteiger charge is 2.30. The second-order valence-corrected chi connectivity index (χ2v) is 8.70. The fraction of sp³-hybridized carbons (Fsp3) is 0.650. The lowest BCUT2D eigenvalue weighted by molar-refractivity contribution is -0.151. The summed E-state index contributed by atoms with van der Waals surface area (Å²) in [6.45, 7) is 9.66. The van der Waals surface area contributed by atoms with Crippen molar-refractivity contribution in [2.24, 2.45) is 5.92 Å². The van der Waals surface area contributed by atoms with Crippen molar-refractivity contribution in [1.29, 1.82) is 0 Å². The Bertz CT molecular complexity index is 911. The molecule has 0 radical (unpaired) electrons. The highest BCUT2D eigenvalue weighted by Crippen LogP contribution is 2.13. The molecule has 0 aromatic carbocycles. The maximum atomic E-state index is 13.0. The molecule has 174 valence electrons. The Morgan fingerprint density at radius 3 is 2.39 bits per heavy atom. The fourth-order valence-electron chi connectivity index (χ4n) is 2.83. The van der Waals surface area contributed by atoms with E-state index in [0.717, 1.165) is 9.47 Å². The summed E-state index contributed by atoms with van der Waals surface area (Å²) >= 11 is 0. The molecule has 0 bridgehead atoms. The second kappa shape index (κ2) is 10.8.